The van der Waals surface area contributed by atoms with E-state index in [9.17, 15) is 14.3 Å². The van der Waals surface area contributed by atoms with Crippen LogP contribution < -0.4 is 15.5 Å². The third kappa shape index (κ3) is 5.02. The number of fused-ring (bicyclic) bond motifs is 1. The first kappa shape index (κ1) is 24.7. The van der Waals surface area contributed by atoms with Crippen molar-refractivity contribution in [3.8, 4) is 16.9 Å². The Kier molecular flexibility index (Phi) is 7.72. The number of nitrogens with one attached hydrogen (secondary N) is 2. The van der Waals surface area contributed by atoms with Gasteiger partial charge in [0.1, 0.15) is 22.9 Å². The topological polar surface area (TPSA) is 111 Å². The van der Waals surface area contributed by atoms with Crippen molar-refractivity contribution in [3.05, 3.63) is 40.9 Å². The van der Waals surface area contributed by atoms with E-state index in [2.05, 4.69) is 20.6 Å². The highest BCUT2D eigenvalue weighted by molar-refractivity contribution is 6.34. The largest absolute Gasteiger partial charge is 0.507 e. The molecule has 0 atom stereocenters. The minimum atomic E-state index is -1.00. The highest BCUT2D eigenvalue weighted by Gasteiger charge is 2.25. The maximum absolute atomic E-state index is 15.7. The Morgan fingerprint density at radius 3 is 2.61 bits per heavy atom. The first-order valence-electron chi connectivity index (χ1n) is 9.95. The number of aliphatic carboxylic acids is 1. The molecule has 4 rings (SSSR count). The summed E-state index contributed by atoms with van der Waals surface area (Å²) in [6, 6.07) is 5.10. The van der Waals surface area contributed by atoms with Gasteiger partial charge in [-0.1, -0.05) is 17.7 Å². The number of anilines is 2. The van der Waals surface area contributed by atoms with Crippen LogP contribution in [0, 0.1) is 11.6 Å². The van der Waals surface area contributed by atoms with E-state index in [1.54, 1.807) is 0 Å². The number of hydrogen-bond acceptors (Lipinski definition) is 7. The molecule has 176 valence electrons. The van der Waals surface area contributed by atoms with Crippen LogP contribution in [0.4, 0.5) is 20.5 Å². The molecular formula is C21H21Cl2F2N5O3. The summed E-state index contributed by atoms with van der Waals surface area (Å²) < 4.78 is 30.2. The molecule has 0 spiro atoms. The predicted molar refractivity (Wildman–Crippen MR) is 125 cm³/mol. The molecule has 0 aliphatic carbocycles. The molecule has 2 aromatic carbocycles. The molecule has 0 amide bonds. The van der Waals surface area contributed by atoms with Gasteiger partial charge in [0.15, 0.2) is 5.82 Å². The van der Waals surface area contributed by atoms with Gasteiger partial charge >= 0.3 is 5.97 Å². The van der Waals surface area contributed by atoms with E-state index in [0.29, 0.717) is 37.4 Å². The number of rotatable bonds is 6. The number of phenols is 1. The summed E-state index contributed by atoms with van der Waals surface area (Å²) in [5.41, 5.74) is -0.788. The molecule has 1 saturated heterocycles. The smallest absolute Gasteiger partial charge is 0.305 e. The lowest BCUT2D eigenvalue weighted by Gasteiger charge is -2.29. The van der Waals surface area contributed by atoms with Gasteiger partial charge in [-0.2, -0.15) is 4.98 Å². The Balaban J connectivity index is 0.00000306. The molecule has 0 radical (unpaired) electrons. The number of hydrogen-bond donors (Lipinski definition) is 4. The van der Waals surface area contributed by atoms with E-state index in [0.717, 1.165) is 6.07 Å². The summed E-state index contributed by atoms with van der Waals surface area (Å²) in [4.78, 5) is 21.5. The zero-order valence-corrected chi connectivity index (χ0v) is 18.8. The van der Waals surface area contributed by atoms with E-state index in [-0.39, 0.29) is 53.0 Å². The molecule has 8 nitrogen and oxygen atoms in total. The van der Waals surface area contributed by atoms with Crippen molar-refractivity contribution >= 4 is 52.6 Å². The molecule has 0 unspecified atom stereocenters. The van der Waals surface area contributed by atoms with Crippen LogP contribution in [-0.4, -0.2) is 58.9 Å². The van der Waals surface area contributed by atoms with Gasteiger partial charge in [-0.3, -0.25) is 4.79 Å². The molecule has 12 heteroatoms. The molecular weight excluding hydrogens is 479 g/mol. The normalized spacial score (nSPS) is 13.6. The van der Waals surface area contributed by atoms with Gasteiger partial charge in [-0.05, 0) is 18.2 Å². The number of aromatic nitrogens is 2. The fourth-order valence-corrected chi connectivity index (χ4v) is 3.93. The van der Waals surface area contributed by atoms with Gasteiger partial charge < -0.3 is 25.7 Å². The number of nitrogens with zero attached hydrogens (tertiary/aromatic N) is 3. The Morgan fingerprint density at radius 2 is 1.94 bits per heavy atom. The molecule has 1 fully saturated rings. The second-order valence-corrected chi connectivity index (χ2v) is 7.66. The van der Waals surface area contributed by atoms with E-state index < -0.39 is 23.4 Å². The Morgan fingerprint density at radius 1 is 1.21 bits per heavy atom. The van der Waals surface area contributed by atoms with Crippen LogP contribution in [-0.2, 0) is 4.79 Å². The number of aromatic hydroxyl groups is 1. The summed E-state index contributed by atoms with van der Waals surface area (Å²) in [6.45, 7) is 2.65. The number of piperazine rings is 1. The number of benzene rings is 2. The molecule has 1 aliphatic rings. The molecule has 1 aliphatic heterocycles. The average molecular weight is 500 g/mol. The summed E-state index contributed by atoms with van der Waals surface area (Å²) in [7, 11) is 0. The van der Waals surface area contributed by atoms with Gasteiger partial charge in [0.2, 0.25) is 5.95 Å². The maximum Gasteiger partial charge on any atom is 0.305 e. The molecule has 1 aromatic heterocycles. The van der Waals surface area contributed by atoms with Crippen molar-refractivity contribution < 1.29 is 23.8 Å². The lowest BCUT2D eigenvalue weighted by molar-refractivity contribution is -0.136. The standard InChI is InChI=1S/C21H20ClF2N5O3.ClH/c22-12-10-11-19(18(24)16(12)17-13(23)2-1-3-14(17)30)27-21(26-5-4-15(31)32)28-20(11)29-8-6-25-7-9-29;/h1-3,10,25,30H,4-9H2,(H,31,32)(H,26,27,28);1H. The minimum Gasteiger partial charge on any atom is -0.507 e. The van der Waals surface area contributed by atoms with Crippen molar-refractivity contribution in [1.82, 2.24) is 15.3 Å². The number of halogens is 4. The van der Waals surface area contributed by atoms with Crippen molar-refractivity contribution in [1.29, 1.82) is 0 Å². The number of carbonyl (C=O) groups is 1. The third-order valence-corrected chi connectivity index (χ3v) is 5.44. The number of phenolic OH excluding ortho intramolecular Hbond substituents is 1. The molecule has 4 N–H and O–H groups in total. The van der Waals surface area contributed by atoms with Crippen molar-refractivity contribution in [2.24, 2.45) is 0 Å². The summed E-state index contributed by atoms with van der Waals surface area (Å²) >= 11 is 6.37. The van der Waals surface area contributed by atoms with Crippen molar-refractivity contribution in [2.75, 3.05) is 42.9 Å². The van der Waals surface area contributed by atoms with Gasteiger partial charge in [-0.25, -0.2) is 13.8 Å². The Hall–Kier alpha value is -2.95. The van der Waals surface area contributed by atoms with E-state index in [1.165, 1.54) is 18.2 Å². The minimum absolute atomic E-state index is 0. The lowest BCUT2D eigenvalue weighted by atomic mass is 10.0. The number of carboxylic acid groups (broad SMARTS) is 1. The van der Waals surface area contributed by atoms with Crippen molar-refractivity contribution in [3.63, 3.8) is 0 Å². The van der Waals surface area contributed by atoms with Crippen LogP contribution in [0.2, 0.25) is 5.02 Å². The first-order valence-corrected chi connectivity index (χ1v) is 10.3. The number of carboxylic acids is 1. The highest BCUT2D eigenvalue weighted by Crippen LogP contribution is 2.42. The van der Waals surface area contributed by atoms with Crippen LogP contribution in [0.5, 0.6) is 5.75 Å². The molecule has 33 heavy (non-hydrogen) atoms. The second kappa shape index (κ2) is 10.3. The Labute approximate surface area is 199 Å². The molecule has 0 bridgehead atoms. The molecule has 0 saturated carbocycles. The Bertz CT molecular complexity index is 1170. The first-order chi connectivity index (χ1) is 15.4. The SMILES string of the molecule is Cl.O=C(O)CCNc1nc(N2CCNCC2)c2cc(Cl)c(-c3c(O)cccc3F)c(F)c2n1. The highest BCUT2D eigenvalue weighted by atomic mass is 35.5. The predicted octanol–water partition coefficient (Wildman–Crippen LogP) is 3.65. The monoisotopic (exact) mass is 499 g/mol. The van der Waals surface area contributed by atoms with Gasteiger partial charge in [0.05, 0.1) is 17.0 Å². The fourth-order valence-electron chi connectivity index (χ4n) is 3.65. The van der Waals surface area contributed by atoms with Crippen LogP contribution in [0.25, 0.3) is 22.0 Å². The van der Waals surface area contributed by atoms with Crippen LogP contribution in [0.3, 0.4) is 0 Å². The molecule has 2 heterocycles. The summed E-state index contributed by atoms with van der Waals surface area (Å²) in [5, 5.41) is 25.3. The lowest BCUT2D eigenvalue weighted by Crippen LogP contribution is -2.44. The van der Waals surface area contributed by atoms with E-state index >= 15 is 4.39 Å². The third-order valence-electron chi connectivity index (χ3n) is 5.14. The average Bonchev–Trinajstić information content (AvgIpc) is 2.76. The zero-order valence-electron chi connectivity index (χ0n) is 17.2. The van der Waals surface area contributed by atoms with Crippen molar-refractivity contribution in [2.45, 2.75) is 6.42 Å². The van der Waals surface area contributed by atoms with Gasteiger partial charge in [0.25, 0.3) is 0 Å². The maximum atomic E-state index is 15.7. The zero-order chi connectivity index (χ0) is 22.8. The van der Waals surface area contributed by atoms with E-state index in [4.69, 9.17) is 16.7 Å². The van der Waals surface area contributed by atoms with Crippen LogP contribution in [0.15, 0.2) is 24.3 Å². The van der Waals surface area contributed by atoms with Crippen LogP contribution >= 0.6 is 24.0 Å². The second-order valence-electron chi connectivity index (χ2n) is 7.26. The van der Waals surface area contributed by atoms with Crippen LogP contribution in [0.1, 0.15) is 6.42 Å². The van der Waals surface area contributed by atoms with Gasteiger partial charge in [-0.15, -0.1) is 12.4 Å². The summed E-state index contributed by atoms with van der Waals surface area (Å²) in [6.07, 6.45) is -0.179. The van der Waals surface area contributed by atoms with E-state index in [1.807, 2.05) is 4.90 Å². The quantitative estimate of drug-likeness (QED) is 0.406. The summed E-state index contributed by atoms with van der Waals surface area (Å²) in [5.74, 6) is -2.73. The molecule has 3 aromatic rings. The van der Waals surface area contributed by atoms with Gasteiger partial charge in [0, 0.05) is 43.7 Å². The fraction of sp³-hybridized carbons (Fsp3) is 0.286.